The predicted octanol–water partition coefficient (Wildman–Crippen LogP) is 1.79. The third-order valence-electron chi connectivity index (χ3n) is 0.455. The smallest absolute Gasteiger partial charge is 0.00940 e. The second kappa shape index (κ2) is 5.04. The molecular weight excluding hydrogens is 140 g/mol. The van der Waals surface area contributed by atoms with Crippen LogP contribution in [-0.2, 0) is 0 Å². The second-order valence-electron chi connectivity index (χ2n) is 0.997. The molecule has 0 aromatic rings. The molecule has 0 radical (unpaired) electrons. The van der Waals surface area contributed by atoms with E-state index in [1.54, 1.807) is 0 Å². The molecule has 0 heterocycles. The third kappa shape index (κ3) is 4.04. The lowest BCUT2D eigenvalue weighted by molar-refractivity contribution is 1.01. The predicted molar refractivity (Wildman–Crippen MR) is 31.9 cm³/mol. The Balaban J connectivity index is 2.54. The zero-order valence-electron chi connectivity index (χ0n) is 3.58. The van der Waals surface area contributed by atoms with Crippen molar-refractivity contribution < 1.29 is 0 Å². The number of rotatable bonds is 2. The molecule has 0 spiro atoms. The molecule has 0 amide bonds. The average molecular weight is 147 g/mol. The minimum absolute atomic E-state index is 0.894. The van der Waals surface area contributed by atoms with E-state index in [0.717, 1.165) is 18.2 Å². The van der Waals surface area contributed by atoms with Crippen LogP contribution in [0.5, 0.6) is 0 Å². The normalized spacial score (nSPS) is 7.33. The fraction of sp³-hybridized carbons (Fsp3) is 0.600. The Morgan fingerprint density at radius 1 is 1.67 bits per heavy atom. The molecule has 6 heavy (non-hydrogen) atoms. The number of terminal acetylenes is 1. The molecule has 0 bridgehead atoms. The van der Waals surface area contributed by atoms with E-state index >= 15 is 0 Å². The quantitative estimate of drug-likeness (QED) is 0.317. The van der Waals surface area contributed by atoms with Crippen LogP contribution in [0.15, 0.2) is 0 Å². The van der Waals surface area contributed by atoms with Crippen molar-refractivity contribution in [1.29, 1.82) is 0 Å². The van der Waals surface area contributed by atoms with Gasteiger partial charge in [0.2, 0.25) is 0 Å². The van der Waals surface area contributed by atoms with Crippen molar-refractivity contribution in [1.82, 2.24) is 0 Å². The van der Waals surface area contributed by atoms with E-state index in [4.69, 9.17) is 6.42 Å². The minimum Gasteiger partial charge on any atom is -0.120 e. The summed E-state index contributed by atoms with van der Waals surface area (Å²) in [6.07, 6.45) is 6.93. The molecule has 0 N–H and O–H groups in total. The second-order valence-corrected chi connectivity index (χ2v) is 1.79. The van der Waals surface area contributed by atoms with Crippen LogP contribution in [0.4, 0.5) is 0 Å². The lowest BCUT2D eigenvalue weighted by atomic mass is 10.4. The average Bonchev–Trinajstić information content (AvgIpc) is 1.61. The molecule has 0 saturated heterocycles. The first kappa shape index (κ1) is 6.04. The van der Waals surface area contributed by atoms with Crippen LogP contribution >= 0.6 is 15.9 Å². The molecule has 0 rings (SSSR count). The van der Waals surface area contributed by atoms with Gasteiger partial charge in [0.25, 0.3) is 0 Å². The summed E-state index contributed by atoms with van der Waals surface area (Å²) in [4.78, 5) is 0. The van der Waals surface area contributed by atoms with Gasteiger partial charge in [0, 0.05) is 11.8 Å². The maximum Gasteiger partial charge on any atom is 0.00940 e. The summed E-state index contributed by atoms with van der Waals surface area (Å²) in [6, 6.07) is 0. The van der Waals surface area contributed by atoms with Crippen molar-refractivity contribution in [3.63, 3.8) is 0 Å². The van der Waals surface area contributed by atoms with Crippen molar-refractivity contribution in [2.24, 2.45) is 0 Å². The monoisotopic (exact) mass is 146 g/mol. The van der Waals surface area contributed by atoms with Crippen LogP contribution in [0.2, 0.25) is 0 Å². The zero-order chi connectivity index (χ0) is 4.83. The molecule has 0 aromatic heterocycles. The first-order valence-corrected chi connectivity index (χ1v) is 3.03. The SMILES string of the molecule is C#CCCCBr. The van der Waals surface area contributed by atoms with Gasteiger partial charge in [-0.1, -0.05) is 15.9 Å². The first-order valence-electron chi connectivity index (χ1n) is 1.91. The van der Waals surface area contributed by atoms with E-state index in [1.165, 1.54) is 0 Å². The van der Waals surface area contributed by atoms with Crippen LogP contribution in [-0.4, -0.2) is 5.33 Å². The van der Waals surface area contributed by atoms with Crippen molar-refractivity contribution in [2.75, 3.05) is 5.33 Å². The maximum atomic E-state index is 4.94. The topological polar surface area (TPSA) is 0 Å². The van der Waals surface area contributed by atoms with Gasteiger partial charge in [0.15, 0.2) is 0 Å². The summed E-state index contributed by atoms with van der Waals surface area (Å²) >= 11 is 3.25. The summed E-state index contributed by atoms with van der Waals surface area (Å²) in [5, 5.41) is 1.02. The molecule has 0 atom stereocenters. The third-order valence-corrected chi connectivity index (χ3v) is 1.02. The van der Waals surface area contributed by atoms with E-state index in [1.807, 2.05) is 0 Å². The van der Waals surface area contributed by atoms with Gasteiger partial charge in [-0.2, -0.15) is 0 Å². The standard InChI is InChI=1S/C5H7Br/c1-2-3-4-5-6/h1H,3-5H2. The van der Waals surface area contributed by atoms with Gasteiger partial charge in [-0.25, -0.2) is 0 Å². The highest BCUT2D eigenvalue weighted by atomic mass is 79.9. The number of unbranched alkanes of at least 4 members (excludes halogenated alkanes) is 1. The Hall–Kier alpha value is 0.0400. The highest BCUT2D eigenvalue weighted by Crippen LogP contribution is 1.89. The fourth-order valence-electron chi connectivity index (χ4n) is 0.169. The Bertz CT molecular complexity index is 51.4. The van der Waals surface area contributed by atoms with Gasteiger partial charge < -0.3 is 0 Å². The van der Waals surface area contributed by atoms with Gasteiger partial charge in [-0.05, 0) is 6.42 Å². The molecule has 0 aliphatic heterocycles. The molecule has 0 fully saturated rings. The molecule has 0 aliphatic rings. The maximum absolute atomic E-state index is 4.94. The van der Waals surface area contributed by atoms with Crippen molar-refractivity contribution in [2.45, 2.75) is 12.8 Å². The van der Waals surface area contributed by atoms with Gasteiger partial charge in [0.05, 0.1) is 0 Å². The van der Waals surface area contributed by atoms with E-state index in [2.05, 4.69) is 21.9 Å². The Labute approximate surface area is 47.1 Å². The highest BCUT2D eigenvalue weighted by molar-refractivity contribution is 9.09. The lowest BCUT2D eigenvalue weighted by Gasteiger charge is -1.78. The van der Waals surface area contributed by atoms with E-state index < -0.39 is 0 Å². The van der Waals surface area contributed by atoms with Crippen LogP contribution < -0.4 is 0 Å². The molecule has 0 aromatic carbocycles. The Morgan fingerprint density at radius 3 is 2.50 bits per heavy atom. The van der Waals surface area contributed by atoms with Crippen LogP contribution in [0.25, 0.3) is 0 Å². The van der Waals surface area contributed by atoms with Crippen molar-refractivity contribution >= 4 is 15.9 Å². The van der Waals surface area contributed by atoms with E-state index in [-0.39, 0.29) is 0 Å². The van der Waals surface area contributed by atoms with Crippen LogP contribution in [0.3, 0.4) is 0 Å². The fourth-order valence-corrected chi connectivity index (χ4v) is 0.449. The zero-order valence-corrected chi connectivity index (χ0v) is 5.16. The largest absolute Gasteiger partial charge is 0.120 e. The molecule has 0 saturated carbocycles. The highest BCUT2D eigenvalue weighted by Gasteiger charge is 1.73. The van der Waals surface area contributed by atoms with Gasteiger partial charge in [-0.15, -0.1) is 12.3 Å². The molecule has 0 nitrogen and oxygen atoms in total. The summed E-state index contributed by atoms with van der Waals surface area (Å²) < 4.78 is 0. The Kier molecular flexibility index (Phi) is 5.07. The summed E-state index contributed by atoms with van der Waals surface area (Å²) in [6.45, 7) is 0. The molecule has 1 heteroatoms. The van der Waals surface area contributed by atoms with Gasteiger partial charge >= 0.3 is 0 Å². The summed E-state index contributed by atoms with van der Waals surface area (Å²) in [5.41, 5.74) is 0. The minimum atomic E-state index is 0.894. The molecule has 0 unspecified atom stereocenters. The van der Waals surface area contributed by atoms with Gasteiger partial charge in [0.1, 0.15) is 0 Å². The Morgan fingerprint density at radius 2 is 2.33 bits per heavy atom. The van der Waals surface area contributed by atoms with Crippen LogP contribution in [0, 0.1) is 12.3 Å². The molecule has 0 aliphatic carbocycles. The number of hydrogen-bond donors (Lipinski definition) is 0. The summed E-state index contributed by atoms with van der Waals surface area (Å²) in [7, 11) is 0. The number of alkyl halides is 1. The lowest BCUT2D eigenvalue weighted by Crippen LogP contribution is -1.67. The van der Waals surface area contributed by atoms with E-state index in [9.17, 15) is 0 Å². The first-order chi connectivity index (χ1) is 2.91. The molecular formula is C5H7Br. The van der Waals surface area contributed by atoms with Crippen LogP contribution in [0.1, 0.15) is 12.8 Å². The van der Waals surface area contributed by atoms with Gasteiger partial charge in [-0.3, -0.25) is 0 Å². The molecule has 34 valence electrons. The number of hydrogen-bond acceptors (Lipinski definition) is 0. The van der Waals surface area contributed by atoms with Crippen molar-refractivity contribution in [3.8, 4) is 12.3 Å². The summed E-state index contributed by atoms with van der Waals surface area (Å²) in [5.74, 6) is 2.54. The van der Waals surface area contributed by atoms with Crippen molar-refractivity contribution in [3.05, 3.63) is 0 Å². The van der Waals surface area contributed by atoms with E-state index in [0.29, 0.717) is 0 Å². The number of halogens is 1.